The first-order valence-electron chi connectivity index (χ1n) is 7.32. The van der Waals surface area contributed by atoms with Crippen molar-refractivity contribution in [2.45, 2.75) is 57.2 Å². The van der Waals surface area contributed by atoms with Crippen LogP contribution in [0.2, 0.25) is 0 Å². The first kappa shape index (κ1) is 11.9. The van der Waals surface area contributed by atoms with Gasteiger partial charge in [0, 0.05) is 37.8 Å². The highest BCUT2D eigenvalue weighted by Gasteiger charge is 2.46. The van der Waals surface area contributed by atoms with Gasteiger partial charge in [0.05, 0.1) is 6.10 Å². The molecule has 0 aromatic heterocycles. The molecule has 17 heavy (non-hydrogen) atoms. The van der Waals surface area contributed by atoms with E-state index in [0.29, 0.717) is 11.6 Å². The molecule has 0 bridgehead atoms. The third-order valence-electron chi connectivity index (χ3n) is 4.93. The number of piperazine rings is 1. The molecular formula is C14H26N2O. The van der Waals surface area contributed by atoms with Gasteiger partial charge in [-0.1, -0.05) is 0 Å². The molecule has 3 nitrogen and oxygen atoms in total. The van der Waals surface area contributed by atoms with Gasteiger partial charge in [-0.3, -0.25) is 4.90 Å². The number of hydrogen-bond donors (Lipinski definition) is 1. The van der Waals surface area contributed by atoms with Crippen molar-refractivity contribution < 1.29 is 4.74 Å². The highest BCUT2D eigenvalue weighted by atomic mass is 16.5. The molecule has 0 spiro atoms. The molecule has 0 aromatic rings. The van der Waals surface area contributed by atoms with Gasteiger partial charge in [0.2, 0.25) is 0 Å². The largest absolute Gasteiger partial charge is 0.378 e. The zero-order valence-corrected chi connectivity index (χ0v) is 11.2. The lowest BCUT2D eigenvalue weighted by Gasteiger charge is -2.49. The number of hydrogen-bond acceptors (Lipinski definition) is 3. The molecule has 0 radical (unpaired) electrons. The molecule has 98 valence electrons. The van der Waals surface area contributed by atoms with E-state index in [0.717, 1.165) is 18.6 Å². The Bertz CT molecular complexity index is 273. The standard InChI is InChI=1S/C14H26N2O/c1-3-17-13-8-12(9-13)16-7-6-15-14(2,10-16)11-4-5-11/h11-13,15H,3-10H2,1-2H3. The SMILES string of the molecule is CCOC1CC(N2CCNC(C)(C3CC3)C2)C1. The van der Waals surface area contributed by atoms with Crippen LogP contribution >= 0.6 is 0 Å². The van der Waals surface area contributed by atoms with Gasteiger partial charge in [0.25, 0.3) is 0 Å². The van der Waals surface area contributed by atoms with Crippen LogP contribution in [-0.2, 0) is 4.74 Å². The van der Waals surface area contributed by atoms with Gasteiger partial charge in [-0.25, -0.2) is 0 Å². The summed E-state index contributed by atoms with van der Waals surface area (Å²) in [6, 6.07) is 0.798. The third-order valence-corrected chi connectivity index (χ3v) is 4.93. The molecule has 1 aliphatic heterocycles. The van der Waals surface area contributed by atoms with E-state index < -0.39 is 0 Å². The molecule has 2 aliphatic carbocycles. The topological polar surface area (TPSA) is 24.5 Å². The summed E-state index contributed by atoms with van der Waals surface area (Å²) in [5.41, 5.74) is 0.398. The Kier molecular flexibility index (Phi) is 3.18. The Hall–Kier alpha value is -0.120. The molecule has 0 aromatic carbocycles. The highest BCUT2D eigenvalue weighted by molar-refractivity contribution is 5.04. The smallest absolute Gasteiger partial charge is 0.0604 e. The van der Waals surface area contributed by atoms with E-state index in [1.54, 1.807) is 0 Å². The normalized spacial score (nSPS) is 43.4. The summed E-state index contributed by atoms with van der Waals surface area (Å²) in [4.78, 5) is 2.71. The molecule has 3 aliphatic rings. The number of nitrogens with one attached hydrogen (secondary N) is 1. The van der Waals surface area contributed by atoms with Gasteiger partial charge >= 0.3 is 0 Å². The molecule has 2 saturated carbocycles. The molecule has 1 atom stereocenters. The zero-order valence-electron chi connectivity index (χ0n) is 11.2. The minimum absolute atomic E-state index is 0.398. The number of rotatable bonds is 4. The van der Waals surface area contributed by atoms with Crippen molar-refractivity contribution in [3.8, 4) is 0 Å². The van der Waals surface area contributed by atoms with Gasteiger partial charge in [-0.05, 0) is 45.4 Å². The van der Waals surface area contributed by atoms with Crippen LogP contribution in [-0.4, -0.2) is 48.8 Å². The first-order valence-corrected chi connectivity index (χ1v) is 7.32. The molecule has 3 heteroatoms. The zero-order chi connectivity index (χ0) is 11.9. The van der Waals surface area contributed by atoms with Crippen LogP contribution in [0.5, 0.6) is 0 Å². The summed E-state index contributed by atoms with van der Waals surface area (Å²) < 4.78 is 5.67. The monoisotopic (exact) mass is 238 g/mol. The van der Waals surface area contributed by atoms with Gasteiger partial charge < -0.3 is 10.1 Å². The molecule has 0 amide bonds. The van der Waals surface area contributed by atoms with Crippen LogP contribution in [0.15, 0.2) is 0 Å². The Morgan fingerprint density at radius 2 is 2.12 bits per heavy atom. The predicted octanol–water partition coefficient (Wildman–Crippen LogP) is 1.63. The summed E-state index contributed by atoms with van der Waals surface area (Å²) >= 11 is 0. The maximum Gasteiger partial charge on any atom is 0.0604 e. The molecule has 3 rings (SSSR count). The van der Waals surface area contributed by atoms with Gasteiger partial charge in [0.1, 0.15) is 0 Å². The third kappa shape index (κ3) is 2.38. The lowest BCUT2D eigenvalue weighted by Crippen LogP contribution is -2.64. The van der Waals surface area contributed by atoms with Crippen LogP contribution in [0.3, 0.4) is 0 Å². The lowest BCUT2D eigenvalue weighted by atomic mass is 9.84. The van der Waals surface area contributed by atoms with Crippen LogP contribution < -0.4 is 5.32 Å². The fourth-order valence-electron chi connectivity index (χ4n) is 3.56. The number of nitrogens with zero attached hydrogens (tertiary/aromatic N) is 1. The lowest BCUT2D eigenvalue weighted by molar-refractivity contribution is -0.0594. The average Bonchev–Trinajstić information content (AvgIpc) is 3.06. The second-order valence-corrected chi connectivity index (χ2v) is 6.29. The summed E-state index contributed by atoms with van der Waals surface area (Å²) in [6.45, 7) is 9.05. The maximum absolute atomic E-state index is 5.67. The van der Waals surface area contributed by atoms with Crippen molar-refractivity contribution in [2.75, 3.05) is 26.2 Å². The minimum Gasteiger partial charge on any atom is -0.378 e. The van der Waals surface area contributed by atoms with E-state index in [9.17, 15) is 0 Å². The second kappa shape index (κ2) is 4.52. The van der Waals surface area contributed by atoms with E-state index in [1.807, 2.05) is 0 Å². The Morgan fingerprint density at radius 3 is 2.76 bits per heavy atom. The molecule has 3 fully saturated rings. The van der Waals surface area contributed by atoms with Crippen LogP contribution in [0.1, 0.15) is 39.5 Å². The molecule has 1 heterocycles. The second-order valence-electron chi connectivity index (χ2n) is 6.29. The fourth-order valence-corrected chi connectivity index (χ4v) is 3.56. The average molecular weight is 238 g/mol. The van der Waals surface area contributed by atoms with Crippen molar-refractivity contribution >= 4 is 0 Å². The Balaban J connectivity index is 1.51. The van der Waals surface area contributed by atoms with Crippen molar-refractivity contribution in [1.82, 2.24) is 10.2 Å². The van der Waals surface area contributed by atoms with Crippen molar-refractivity contribution in [3.05, 3.63) is 0 Å². The summed E-state index contributed by atoms with van der Waals surface area (Å²) in [7, 11) is 0. The molecule has 1 N–H and O–H groups in total. The van der Waals surface area contributed by atoms with Crippen LogP contribution in [0, 0.1) is 5.92 Å². The van der Waals surface area contributed by atoms with Gasteiger partial charge in [0.15, 0.2) is 0 Å². The quantitative estimate of drug-likeness (QED) is 0.805. The van der Waals surface area contributed by atoms with Crippen molar-refractivity contribution in [3.63, 3.8) is 0 Å². The molecule has 1 unspecified atom stereocenters. The molecular weight excluding hydrogens is 212 g/mol. The highest BCUT2D eigenvalue weighted by Crippen LogP contribution is 2.42. The van der Waals surface area contributed by atoms with Gasteiger partial charge in [-0.2, -0.15) is 0 Å². The molecule has 1 saturated heterocycles. The summed E-state index contributed by atoms with van der Waals surface area (Å²) in [5.74, 6) is 0.938. The van der Waals surface area contributed by atoms with Crippen LogP contribution in [0.4, 0.5) is 0 Å². The van der Waals surface area contributed by atoms with Gasteiger partial charge in [-0.15, -0.1) is 0 Å². The maximum atomic E-state index is 5.67. The van der Waals surface area contributed by atoms with E-state index >= 15 is 0 Å². The number of ether oxygens (including phenoxy) is 1. The van der Waals surface area contributed by atoms with E-state index in [-0.39, 0.29) is 0 Å². The van der Waals surface area contributed by atoms with Crippen LogP contribution in [0.25, 0.3) is 0 Å². The summed E-state index contributed by atoms with van der Waals surface area (Å²) in [5, 5.41) is 3.75. The van der Waals surface area contributed by atoms with Crippen molar-refractivity contribution in [1.29, 1.82) is 0 Å². The van der Waals surface area contributed by atoms with E-state index in [4.69, 9.17) is 4.74 Å². The van der Waals surface area contributed by atoms with E-state index in [2.05, 4.69) is 24.1 Å². The fraction of sp³-hybridized carbons (Fsp3) is 1.00. The first-order chi connectivity index (χ1) is 8.21. The predicted molar refractivity (Wildman–Crippen MR) is 69.1 cm³/mol. The van der Waals surface area contributed by atoms with E-state index in [1.165, 1.54) is 45.3 Å². The Labute approximate surface area is 105 Å². The van der Waals surface area contributed by atoms with Crippen molar-refractivity contribution in [2.24, 2.45) is 5.92 Å². The minimum atomic E-state index is 0.398. The summed E-state index contributed by atoms with van der Waals surface area (Å²) in [6.07, 6.45) is 5.93. The Morgan fingerprint density at radius 1 is 1.35 bits per heavy atom.